The number of aryl methyl sites for hydroxylation is 1. The van der Waals surface area contributed by atoms with E-state index >= 15 is 0 Å². The molecule has 6 heteroatoms. The minimum Gasteiger partial charge on any atom is -0.340 e. The third-order valence-corrected chi connectivity index (χ3v) is 4.51. The van der Waals surface area contributed by atoms with Gasteiger partial charge >= 0.3 is 0 Å². The highest BCUT2D eigenvalue weighted by Gasteiger charge is 2.33. The first-order valence-electron chi connectivity index (χ1n) is 8.36. The van der Waals surface area contributed by atoms with Gasteiger partial charge in [-0.25, -0.2) is 0 Å². The van der Waals surface area contributed by atoms with Crippen molar-refractivity contribution >= 4 is 5.91 Å². The van der Waals surface area contributed by atoms with Gasteiger partial charge in [-0.3, -0.25) is 9.69 Å². The summed E-state index contributed by atoms with van der Waals surface area (Å²) >= 11 is 0. The molecule has 1 aromatic heterocycles. The number of hydrogen-bond donors (Lipinski definition) is 0. The van der Waals surface area contributed by atoms with Crippen molar-refractivity contribution in [3.05, 3.63) is 47.6 Å². The number of carbonyl (C=O) groups is 1. The molecule has 2 heterocycles. The SMILES string of the molecule is Cc1nc([C@H]2CCCN(C(=O)[C@H](c3ccccc3)N(C)C)C2)no1. The van der Waals surface area contributed by atoms with Crippen LogP contribution in [0.4, 0.5) is 0 Å². The molecule has 1 aliphatic rings. The topological polar surface area (TPSA) is 62.5 Å². The van der Waals surface area contributed by atoms with Crippen LogP contribution in [0.25, 0.3) is 0 Å². The molecule has 2 atom stereocenters. The fraction of sp³-hybridized carbons (Fsp3) is 0.500. The first-order chi connectivity index (χ1) is 11.6. The number of benzene rings is 1. The Morgan fingerprint density at radius 3 is 2.71 bits per heavy atom. The number of hydrogen-bond acceptors (Lipinski definition) is 5. The van der Waals surface area contributed by atoms with Gasteiger partial charge in [-0.15, -0.1) is 0 Å². The van der Waals surface area contributed by atoms with E-state index in [1.165, 1.54) is 0 Å². The standard InChI is InChI=1S/C18H24N4O2/c1-13-19-17(20-24-13)15-10-7-11-22(12-15)18(23)16(21(2)3)14-8-5-4-6-9-14/h4-6,8-9,15-16H,7,10-12H2,1-3H3/t15-,16-/m0/s1. The highest BCUT2D eigenvalue weighted by atomic mass is 16.5. The summed E-state index contributed by atoms with van der Waals surface area (Å²) in [6, 6.07) is 9.66. The van der Waals surface area contributed by atoms with Crippen molar-refractivity contribution in [2.24, 2.45) is 0 Å². The molecule has 1 fully saturated rings. The number of amides is 1. The van der Waals surface area contributed by atoms with Crippen LogP contribution < -0.4 is 0 Å². The van der Waals surface area contributed by atoms with Crippen molar-refractivity contribution < 1.29 is 9.32 Å². The second kappa shape index (κ2) is 7.13. The summed E-state index contributed by atoms with van der Waals surface area (Å²) in [5.41, 5.74) is 1.02. The van der Waals surface area contributed by atoms with E-state index < -0.39 is 0 Å². The Balaban J connectivity index is 1.77. The molecule has 0 N–H and O–H groups in total. The van der Waals surface area contributed by atoms with Gasteiger partial charge < -0.3 is 9.42 Å². The summed E-state index contributed by atoms with van der Waals surface area (Å²) in [7, 11) is 3.89. The molecule has 1 aromatic carbocycles. The molecule has 0 aliphatic carbocycles. The first-order valence-corrected chi connectivity index (χ1v) is 8.36. The molecule has 1 aliphatic heterocycles. The summed E-state index contributed by atoms with van der Waals surface area (Å²) < 4.78 is 5.10. The first kappa shape index (κ1) is 16.6. The highest BCUT2D eigenvalue weighted by molar-refractivity contribution is 5.83. The third-order valence-electron chi connectivity index (χ3n) is 4.51. The summed E-state index contributed by atoms with van der Waals surface area (Å²) in [6.07, 6.45) is 1.94. The summed E-state index contributed by atoms with van der Waals surface area (Å²) in [4.78, 5) is 21.4. The van der Waals surface area contributed by atoms with Crippen molar-refractivity contribution in [1.82, 2.24) is 19.9 Å². The van der Waals surface area contributed by atoms with Crippen molar-refractivity contribution in [2.45, 2.75) is 31.7 Å². The van der Waals surface area contributed by atoms with Crippen LogP contribution in [0, 0.1) is 6.92 Å². The maximum atomic E-state index is 13.1. The lowest BCUT2D eigenvalue weighted by molar-refractivity contribution is -0.137. The largest absolute Gasteiger partial charge is 0.340 e. The maximum Gasteiger partial charge on any atom is 0.244 e. The molecular formula is C18H24N4O2. The van der Waals surface area contributed by atoms with E-state index in [0.29, 0.717) is 18.3 Å². The quantitative estimate of drug-likeness (QED) is 0.862. The van der Waals surface area contributed by atoms with Crippen molar-refractivity contribution in [3.63, 3.8) is 0 Å². The van der Waals surface area contributed by atoms with E-state index in [0.717, 1.165) is 24.9 Å². The van der Waals surface area contributed by atoms with Gasteiger partial charge in [-0.05, 0) is 32.5 Å². The highest BCUT2D eigenvalue weighted by Crippen LogP contribution is 2.28. The Bertz CT molecular complexity index is 683. The van der Waals surface area contributed by atoms with Gasteiger partial charge in [0.25, 0.3) is 0 Å². The number of rotatable bonds is 4. The number of likely N-dealkylation sites (tertiary alicyclic amines) is 1. The van der Waals surface area contributed by atoms with Crippen LogP contribution in [0.3, 0.4) is 0 Å². The van der Waals surface area contributed by atoms with Gasteiger partial charge in [0.05, 0.1) is 0 Å². The van der Waals surface area contributed by atoms with Crippen LogP contribution in [0.15, 0.2) is 34.9 Å². The summed E-state index contributed by atoms with van der Waals surface area (Å²) in [5, 5.41) is 4.04. The van der Waals surface area contributed by atoms with Gasteiger partial charge in [0.1, 0.15) is 6.04 Å². The zero-order chi connectivity index (χ0) is 17.1. The van der Waals surface area contributed by atoms with Crippen molar-refractivity contribution in [1.29, 1.82) is 0 Å². The molecule has 0 radical (unpaired) electrons. The zero-order valence-electron chi connectivity index (χ0n) is 14.5. The van der Waals surface area contributed by atoms with Crippen LogP contribution in [0.1, 0.15) is 42.1 Å². The van der Waals surface area contributed by atoms with Crippen LogP contribution in [0.5, 0.6) is 0 Å². The minimum absolute atomic E-state index is 0.135. The van der Waals surface area contributed by atoms with E-state index in [4.69, 9.17) is 4.52 Å². The Morgan fingerprint density at radius 2 is 2.08 bits per heavy atom. The van der Waals surface area contributed by atoms with E-state index in [1.54, 1.807) is 6.92 Å². The zero-order valence-corrected chi connectivity index (χ0v) is 14.5. The monoisotopic (exact) mass is 328 g/mol. The lowest BCUT2D eigenvalue weighted by Crippen LogP contribution is -2.45. The normalized spacial score (nSPS) is 19.5. The smallest absolute Gasteiger partial charge is 0.244 e. The van der Waals surface area contributed by atoms with Crippen LogP contribution in [-0.4, -0.2) is 53.0 Å². The maximum absolute atomic E-state index is 13.1. The lowest BCUT2D eigenvalue weighted by Gasteiger charge is -2.35. The third kappa shape index (κ3) is 3.48. The molecule has 0 saturated carbocycles. The Kier molecular flexibility index (Phi) is 4.94. The molecule has 6 nitrogen and oxygen atoms in total. The Hall–Kier alpha value is -2.21. The van der Waals surface area contributed by atoms with Crippen LogP contribution in [-0.2, 0) is 4.79 Å². The van der Waals surface area contributed by atoms with Crippen LogP contribution >= 0.6 is 0 Å². The van der Waals surface area contributed by atoms with Crippen molar-refractivity contribution in [3.8, 4) is 0 Å². The van der Waals surface area contributed by atoms with E-state index in [1.807, 2.05) is 54.2 Å². The van der Waals surface area contributed by atoms with Gasteiger partial charge in [0, 0.05) is 25.9 Å². The minimum atomic E-state index is -0.267. The number of piperidine rings is 1. The van der Waals surface area contributed by atoms with Gasteiger partial charge in [0.2, 0.25) is 11.8 Å². The van der Waals surface area contributed by atoms with Crippen molar-refractivity contribution in [2.75, 3.05) is 27.2 Å². The van der Waals surface area contributed by atoms with Gasteiger partial charge in [0.15, 0.2) is 5.82 Å². The van der Waals surface area contributed by atoms with E-state index in [-0.39, 0.29) is 17.9 Å². The van der Waals surface area contributed by atoms with Gasteiger partial charge in [-0.1, -0.05) is 35.5 Å². The average Bonchev–Trinajstić information content (AvgIpc) is 3.02. The molecule has 1 saturated heterocycles. The molecule has 128 valence electrons. The molecule has 0 unspecified atom stereocenters. The fourth-order valence-electron chi connectivity index (χ4n) is 3.34. The fourth-order valence-corrected chi connectivity index (χ4v) is 3.34. The Labute approximate surface area is 142 Å². The summed E-state index contributed by atoms with van der Waals surface area (Å²) in [5.74, 6) is 1.57. The Morgan fingerprint density at radius 1 is 1.33 bits per heavy atom. The molecule has 1 amide bonds. The number of carbonyl (C=O) groups excluding carboxylic acids is 1. The predicted octanol–water partition coefficient (Wildman–Crippen LogP) is 2.39. The van der Waals surface area contributed by atoms with E-state index in [2.05, 4.69) is 10.1 Å². The second-order valence-corrected chi connectivity index (χ2v) is 6.57. The number of likely N-dealkylation sites (N-methyl/N-ethyl adjacent to an activating group) is 1. The molecule has 3 rings (SSSR count). The van der Waals surface area contributed by atoms with Gasteiger partial charge in [-0.2, -0.15) is 4.98 Å². The number of nitrogens with zero attached hydrogens (tertiary/aromatic N) is 4. The predicted molar refractivity (Wildman–Crippen MR) is 90.5 cm³/mol. The van der Waals surface area contributed by atoms with Crippen LogP contribution in [0.2, 0.25) is 0 Å². The molecule has 0 bridgehead atoms. The summed E-state index contributed by atoms with van der Waals surface area (Å²) in [6.45, 7) is 3.22. The molecule has 0 spiro atoms. The molecule has 24 heavy (non-hydrogen) atoms. The molecular weight excluding hydrogens is 304 g/mol. The second-order valence-electron chi connectivity index (χ2n) is 6.57. The number of aromatic nitrogens is 2. The molecule has 2 aromatic rings. The lowest BCUT2D eigenvalue weighted by atomic mass is 9.95. The average molecular weight is 328 g/mol. The van der Waals surface area contributed by atoms with E-state index in [9.17, 15) is 4.79 Å².